The predicted octanol–water partition coefficient (Wildman–Crippen LogP) is 1.90. The van der Waals surface area contributed by atoms with Crippen LogP contribution in [0.5, 0.6) is 0 Å². The van der Waals surface area contributed by atoms with Crippen LogP contribution in [0, 0.1) is 13.8 Å². The van der Waals surface area contributed by atoms with Crippen LogP contribution in [-0.4, -0.2) is 23.8 Å². The predicted molar refractivity (Wildman–Crippen MR) is 70.7 cm³/mol. The van der Waals surface area contributed by atoms with E-state index in [1.54, 1.807) is 13.8 Å². The van der Waals surface area contributed by atoms with E-state index >= 15 is 0 Å². The molecule has 0 saturated carbocycles. The van der Waals surface area contributed by atoms with Gasteiger partial charge in [-0.25, -0.2) is 8.42 Å². The van der Waals surface area contributed by atoms with Gasteiger partial charge in [0.15, 0.2) is 10.7 Å². The summed E-state index contributed by atoms with van der Waals surface area (Å²) in [5.74, 6) is 0.253. The van der Waals surface area contributed by atoms with Gasteiger partial charge in [-0.2, -0.15) is 0 Å². The molecule has 0 aromatic carbocycles. The topological polar surface area (TPSA) is 98.0 Å². The third-order valence-electron chi connectivity index (χ3n) is 2.39. The molecule has 19 heavy (non-hydrogen) atoms. The highest BCUT2D eigenvalue weighted by molar-refractivity contribution is 7.93. The zero-order valence-electron chi connectivity index (χ0n) is 10.8. The average molecular weight is 302 g/mol. The molecule has 0 saturated heterocycles. The van der Waals surface area contributed by atoms with E-state index in [9.17, 15) is 8.42 Å². The molecule has 1 N–H and O–H groups in total. The first-order valence-corrected chi connectivity index (χ1v) is 8.02. The molecule has 0 bridgehead atoms. The van der Waals surface area contributed by atoms with Gasteiger partial charge in [0.2, 0.25) is 5.13 Å². The molecule has 2 aromatic rings. The van der Waals surface area contributed by atoms with E-state index in [-0.39, 0.29) is 15.8 Å². The number of aryl methyl sites for hydroxylation is 3. The lowest BCUT2D eigenvalue weighted by Crippen LogP contribution is -2.14. The fraction of sp³-hybridized carbons (Fsp3) is 0.500. The summed E-state index contributed by atoms with van der Waals surface area (Å²) in [6, 6.07) is 0. The number of aromatic nitrogens is 3. The molecule has 0 spiro atoms. The van der Waals surface area contributed by atoms with Gasteiger partial charge in [-0.1, -0.05) is 23.4 Å². The number of sulfonamides is 1. The van der Waals surface area contributed by atoms with E-state index in [4.69, 9.17) is 4.52 Å². The van der Waals surface area contributed by atoms with Crippen LogP contribution in [0.25, 0.3) is 0 Å². The van der Waals surface area contributed by atoms with Crippen LogP contribution in [0.3, 0.4) is 0 Å². The van der Waals surface area contributed by atoms with E-state index in [1.165, 1.54) is 11.3 Å². The molecule has 0 radical (unpaired) electrons. The van der Waals surface area contributed by atoms with Crippen molar-refractivity contribution >= 4 is 26.5 Å². The van der Waals surface area contributed by atoms with Crippen molar-refractivity contribution in [1.29, 1.82) is 0 Å². The van der Waals surface area contributed by atoms with Crippen molar-refractivity contribution in [3.05, 3.63) is 16.5 Å². The Morgan fingerprint density at radius 3 is 2.63 bits per heavy atom. The van der Waals surface area contributed by atoms with Gasteiger partial charge in [-0.05, 0) is 20.3 Å². The molecule has 0 aliphatic carbocycles. The Morgan fingerprint density at radius 2 is 2.05 bits per heavy atom. The minimum atomic E-state index is -3.73. The molecular weight excluding hydrogens is 288 g/mol. The highest BCUT2D eigenvalue weighted by Crippen LogP contribution is 2.24. The van der Waals surface area contributed by atoms with Crippen LogP contribution in [0.1, 0.15) is 29.8 Å². The van der Waals surface area contributed by atoms with E-state index in [1.807, 2.05) is 6.92 Å². The Morgan fingerprint density at radius 1 is 1.32 bits per heavy atom. The summed E-state index contributed by atoms with van der Waals surface area (Å²) in [5.41, 5.74) is 0.322. The molecule has 104 valence electrons. The number of rotatable bonds is 5. The SMILES string of the molecule is CCCc1nnc(NS(=O)(=O)c2c(C)noc2C)s1. The second-order valence-corrected chi connectivity index (χ2v) is 6.69. The van der Waals surface area contributed by atoms with Crippen molar-refractivity contribution in [3.8, 4) is 0 Å². The third kappa shape index (κ3) is 2.92. The maximum atomic E-state index is 12.2. The molecule has 0 fully saturated rings. The molecule has 2 aromatic heterocycles. The molecule has 9 heteroatoms. The number of anilines is 1. The molecule has 0 unspecified atom stereocenters. The Bertz CT molecular complexity index is 655. The van der Waals surface area contributed by atoms with Crippen LogP contribution >= 0.6 is 11.3 Å². The standard InChI is InChI=1S/C10H14N4O3S2/c1-4-5-8-11-12-10(18-8)14-19(15,16)9-6(2)13-17-7(9)3/h4-5H2,1-3H3,(H,12,14). The van der Waals surface area contributed by atoms with E-state index in [0.717, 1.165) is 17.8 Å². The largest absolute Gasteiger partial charge is 0.360 e. The maximum absolute atomic E-state index is 12.2. The third-order valence-corrected chi connectivity index (χ3v) is 5.00. The zero-order valence-corrected chi connectivity index (χ0v) is 12.4. The van der Waals surface area contributed by atoms with Crippen LogP contribution in [0.2, 0.25) is 0 Å². The molecule has 7 nitrogen and oxygen atoms in total. The number of nitrogens with one attached hydrogen (secondary N) is 1. The van der Waals surface area contributed by atoms with Crippen molar-refractivity contribution < 1.29 is 12.9 Å². The molecule has 0 atom stereocenters. The van der Waals surface area contributed by atoms with E-state index < -0.39 is 10.0 Å². The summed E-state index contributed by atoms with van der Waals surface area (Å²) in [5, 5.41) is 12.4. The maximum Gasteiger partial charge on any atom is 0.269 e. The van der Waals surface area contributed by atoms with Crippen LogP contribution in [0.4, 0.5) is 5.13 Å². The fourth-order valence-corrected chi connectivity index (χ4v) is 4.04. The van der Waals surface area contributed by atoms with Crippen LogP contribution in [0.15, 0.2) is 9.42 Å². The number of nitrogens with zero attached hydrogens (tertiary/aromatic N) is 3. The molecule has 2 rings (SSSR count). The lowest BCUT2D eigenvalue weighted by Gasteiger charge is -2.02. The Balaban J connectivity index is 2.26. The van der Waals surface area contributed by atoms with E-state index in [2.05, 4.69) is 20.1 Å². The molecule has 0 aliphatic heterocycles. The summed E-state index contributed by atoms with van der Waals surface area (Å²) >= 11 is 1.23. The Kier molecular flexibility index (Phi) is 3.85. The number of hydrogen-bond acceptors (Lipinski definition) is 7. The van der Waals surface area contributed by atoms with E-state index in [0.29, 0.717) is 5.69 Å². The zero-order chi connectivity index (χ0) is 14.0. The second-order valence-electron chi connectivity index (χ2n) is 4.01. The summed E-state index contributed by atoms with van der Waals surface area (Å²) in [6.07, 6.45) is 1.72. The first-order valence-electron chi connectivity index (χ1n) is 5.72. The highest BCUT2D eigenvalue weighted by Gasteiger charge is 2.25. The van der Waals surface area contributed by atoms with Gasteiger partial charge in [-0.3, -0.25) is 4.72 Å². The van der Waals surface area contributed by atoms with Gasteiger partial charge in [0.05, 0.1) is 0 Å². The molecule has 0 aliphatic rings. The first-order chi connectivity index (χ1) is 8.94. The Hall–Kier alpha value is -1.48. The fourth-order valence-electron chi connectivity index (χ4n) is 1.63. The molecular formula is C10H14N4O3S2. The van der Waals surface area contributed by atoms with Gasteiger partial charge >= 0.3 is 0 Å². The van der Waals surface area contributed by atoms with Gasteiger partial charge in [0.1, 0.15) is 10.7 Å². The average Bonchev–Trinajstić information content (AvgIpc) is 2.86. The van der Waals surface area contributed by atoms with Crippen molar-refractivity contribution in [2.45, 2.75) is 38.5 Å². The lowest BCUT2D eigenvalue weighted by molar-refractivity contribution is 0.390. The van der Waals surface area contributed by atoms with Crippen molar-refractivity contribution in [3.63, 3.8) is 0 Å². The van der Waals surface area contributed by atoms with Gasteiger partial charge < -0.3 is 4.52 Å². The van der Waals surface area contributed by atoms with Crippen LogP contribution < -0.4 is 4.72 Å². The second kappa shape index (κ2) is 5.25. The van der Waals surface area contributed by atoms with Gasteiger partial charge in [0, 0.05) is 6.42 Å². The molecule has 0 amide bonds. The highest BCUT2D eigenvalue weighted by atomic mass is 32.2. The Labute approximate surface area is 115 Å². The minimum absolute atomic E-state index is 0.0553. The number of hydrogen-bond donors (Lipinski definition) is 1. The van der Waals surface area contributed by atoms with Gasteiger partial charge in [-0.15, -0.1) is 10.2 Å². The summed E-state index contributed by atoms with van der Waals surface area (Å²) < 4.78 is 31.7. The van der Waals surface area contributed by atoms with Crippen molar-refractivity contribution in [1.82, 2.24) is 15.4 Å². The van der Waals surface area contributed by atoms with Crippen LogP contribution in [-0.2, 0) is 16.4 Å². The summed E-state index contributed by atoms with van der Waals surface area (Å²) in [7, 11) is -3.73. The molecule has 2 heterocycles. The smallest absolute Gasteiger partial charge is 0.269 e. The monoisotopic (exact) mass is 302 g/mol. The minimum Gasteiger partial charge on any atom is -0.360 e. The van der Waals surface area contributed by atoms with Gasteiger partial charge in [0.25, 0.3) is 10.0 Å². The first kappa shape index (κ1) is 13.9. The lowest BCUT2D eigenvalue weighted by atomic mass is 10.4. The van der Waals surface area contributed by atoms with Crippen molar-refractivity contribution in [2.24, 2.45) is 0 Å². The van der Waals surface area contributed by atoms with Crippen molar-refractivity contribution in [2.75, 3.05) is 4.72 Å². The summed E-state index contributed by atoms with van der Waals surface area (Å²) in [6.45, 7) is 5.15. The summed E-state index contributed by atoms with van der Waals surface area (Å²) in [4.78, 5) is 0.0553. The normalized spacial score (nSPS) is 11.7. The quantitative estimate of drug-likeness (QED) is 0.905.